The number of guanidine groups is 1. The fourth-order valence-electron chi connectivity index (χ4n) is 2.21. The summed E-state index contributed by atoms with van der Waals surface area (Å²) in [6.45, 7) is 5.83. The standard InChI is InChI=1S/C16H22Cl2N4S/c1-16(2,13-6-5-7-23-13)10-21-15(19-3)20-9-11-8-12(17)14(18)22(11)4/h5-8H,9-10H2,1-4H3,(H2,19,20,21). The number of nitrogens with one attached hydrogen (secondary N) is 2. The van der Waals surface area contributed by atoms with Crippen LogP contribution < -0.4 is 10.6 Å². The highest BCUT2D eigenvalue weighted by atomic mass is 35.5. The number of rotatable bonds is 5. The molecule has 0 spiro atoms. The van der Waals surface area contributed by atoms with E-state index in [9.17, 15) is 0 Å². The van der Waals surface area contributed by atoms with Crippen molar-refractivity contribution >= 4 is 40.5 Å². The van der Waals surface area contributed by atoms with Crippen LogP contribution in [-0.2, 0) is 19.0 Å². The van der Waals surface area contributed by atoms with E-state index in [1.54, 1.807) is 18.4 Å². The number of thiophene rings is 1. The molecule has 7 heteroatoms. The summed E-state index contributed by atoms with van der Waals surface area (Å²) in [7, 11) is 3.65. The molecule has 0 bridgehead atoms. The molecule has 2 rings (SSSR count). The van der Waals surface area contributed by atoms with Crippen LogP contribution in [0.15, 0.2) is 28.6 Å². The molecule has 0 atom stereocenters. The summed E-state index contributed by atoms with van der Waals surface area (Å²) in [6, 6.07) is 6.11. The average Bonchev–Trinajstić information content (AvgIpc) is 3.14. The van der Waals surface area contributed by atoms with Gasteiger partial charge in [-0.15, -0.1) is 11.3 Å². The summed E-state index contributed by atoms with van der Waals surface area (Å²) < 4.78 is 1.86. The number of hydrogen-bond donors (Lipinski definition) is 2. The van der Waals surface area contributed by atoms with E-state index in [0.717, 1.165) is 18.2 Å². The predicted molar refractivity (Wildman–Crippen MR) is 101 cm³/mol. The van der Waals surface area contributed by atoms with Crippen LogP contribution in [0.25, 0.3) is 0 Å². The Morgan fingerprint density at radius 2 is 2.09 bits per heavy atom. The topological polar surface area (TPSA) is 41.4 Å². The van der Waals surface area contributed by atoms with Crippen molar-refractivity contribution < 1.29 is 0 Å². The molecule has 23 heavy (non-hydrogen) atoms. The molecule has 126 valence electrons. The minimum Gasteiger partial charge on any atom is -0.356 e. The molecule has 0 saturated heterocycles. The van der Waals surface area contributed by atoms with Gasteiger partial charge in [0.05, 0.1) is 11.6 Å². The van der Waals surface area contributed by atoms with Crippen LogP contribution in [0.2, 0.25) is 10.2 Å². The molecule has 2 N–H and O–H groups in total. The van der Waals surface area contributed by atoms with Gasteiger partial charge in [0.1, 0.15) is 5.15 Å². The van der Waals surface area contributed by atoms with E-state index in [1.165, 1.54) is 4.88 Å². The Morgan fingerprint density at radius 3 is 2.61 bits per heavy atom. The lowest BCUT2D eigenvalue weighted by atomic mass is 9.91. The molecule has 0 aromatic carbocycles. The van der Waals surface area contributed by atoms with Crippen molar-refractivity contribution in [3.63, 3.8) is 0 Å². The molecule has 0 radical (unpaired) electrons. The highest BCUT2D eigenvalue weighted by Crippen LogP contribution is 2.27. The van der Waals surface area contributed by atoms with E-state index < -0.39 is 0 Å². The lowest BCUT2D eigenvalue weighted by Gasteiger charge is -2.25. The third-order valence-corrected chi connectivity index (χ3v) is 5.84. The maximum absolute atomic E-state index is 6.08. The Morgan fingerprint density at radius 1 is 1.35 bits per heavy atom. The summed E-state index contributed by atoms with van der Waals surface area (Å²) in [6.07, 6.45) is 0. The molecule has 0 amide bonds. The maximum Gasteiger partial charge on any atom is 0.191 e. The Balaban J connectivity index is 1.92. The van der Waals surface area contributed by atoms with E-state index >= 15 is 0 Å². The number of aliphatic imine (C=N–C) groups is 1. The maximum atomic E-state index is 6.08. The fraction of sp³-hybridized carbons (Fsp3) is 0.438. The molecule has 0 aliphatic carbocycles. The van der Waals surface area contributed by atoms with Crippen LogP contribution in [-0.4, -0.2) is 24.1 Å². The van der Waals surface area contributed by atoms with Crippen molar-refractivity contribution in [2.45, 2.75) is 25.8 Å². The predicted octanol–water partition coefficient (Wildman–Crippen LogP) is 4.04. The minimum absolute atomic E-state index is 0.0450. The van der Waals surface area contributed by atoms with Crippen LogP contribution >= 0.6 is 34.5 Å². The molecular formula is C16H22Cl2N4S. The Bertz CT molecular complexity index is 675. The van der Waals surface area contributed by atoms with Crippen molar-refractivity contribution in [3.8, 4) is 0 Å². The zero-order chi connectivity index (χ0) is 17.0. The monoisotopic (exact) mass is 372 g/mol. The van der Waals surface area contributed by atoms with E-state index in [2.05, 4.69) is 47.0 Å². The van der Waals surface area contributed by atoms with Crippen molar-refractivity contribution in [3.05, 3.63) is 44.3 Å². The number of hydrogen-bond acceptors (Lipinski definition) is 2. The van der Waals surface area contributed by atoms with Gasteiger partial charge in [0.25, 0.3) is 0 Å². The second-order valence-corrected chi connectivity index (χ2v) is 7.69. The summed E-state index contributed by atoms with van der Waals surface area (Å²) in [5.74, 6) is 0.753. The van der Waals surface area contributed by atoms with Gasteiger partial charge in [0.2, 0.25) is 0 Å². The first-order chi connectivity index (χ1) is 10.8. The number of aromatic nitrogens is 1. The Hall–Kier alpha value is -1.17. The third-order valence-electron chi connectivity index (χ3n) is 3.76. The van der Waals surface area contributed by atoms with Crippen LogP contribution in [0.5, 0.6) is 0 Å². The molecular weight excluding hydrogens is 351 g/mol. The first-order valence-electron chi connectivity index (χ1n) is 7.33. The lowest BCUT2D eigenvalue weighted by molar-refractivity contribution is 0.518. The van der Waals surface area contributed by atoms with Gasteiger partial charge in [-0.3, -0.25) is 4.99 Å². The molecule has 2 aromatic heterocycles. The Kier molecular flexibility index (Phi) is 6.00. The van der Waals surface area contributed by atoms with Gasteiger partial charge in [0.15, 0.2) is 5.96 Å². The van der Waals surface area contributed by atoms with E-state index in [-0.39, 0.29) is 5.41 Å². The van der Waals surface area contributed by atoms with E-state index in [1.807, 2.05) is 17.7 Å². The highest BCUT2D eigenvalue weighted by Gasteiger charge is 2.22. The molecule has 0 saturated carbocycles. The van der Waals surface area contributed by atoms with Crippen molar-refractivity contribution in [2.75, 3.05) is 13.6 Å². The summed E-state index contributed by atoms with van der Waals surface area (Å²) in [5, 5.41) is 9.88. The molecule has 2 heterocycles. The Labute approximate surface area is 151 Å². The van der Waals surface area contributed by atoms with Crippen molar-refractivity contribution in [1.82, 2.24) is 15.2 Å². The van der Waals surface area contributed by atoms with E-state index in [0.29, 0.717) is 16.7 Å². The van der Waals surface area contributed by atoms with Crippen LogP contribution in [0.1, 0.15) is 24.4 Å². The van der Waals surface area contributed by atoms with Crippen LogP contribution in [0, 0.1) is 0 Å². The van der Waals surface area contributed by atoms with Crippen molar-refractivity contribution in [2.24, 2.45) is 12.0 Å². The number of nitrogens with zero attached hydrogens (tertiary/aromatic N) is 2. The van der Waals surface area contributed by atoms with Crippen LogP contribution in [0.4, 0.5) is 0 Å². The van der Waals surface area contributed by atoms with Gasteiger partial charge in [0, 0.05) is 36.6 Å². The summed E-state index contributed by atoms with van der Waals surface area (Å²) in [4.78, 5) is 5.62. The van der Waals surface area contributed by atoms with Crippen molar-refractivity contribution in [1.29, 1.82) is 0 Å². The smallest absolute Gasteiger partial charge is 0.191 e. The molecule has 2 aromatic rings. The molecule has 4 nitrogen and oxygen atoms in total. The average molecular weight is 373 g/mol. The van der Waals surface area contributed by atoms with Gasteiger partial charge in [-0.25, -0.2) is 0 Å². The second-order valence-electron chi connectivity index (χ2n) is 5.97. The molecule has 0 aliphatic heterocycles. The largest absolute Gasteiger partial charge is 0.356 e. The minimum atomic E-state index is 0.0450. The molecule has 0 aliphatic rings. The van der Waals surface area contributed by atoms with E-state index in [4.69, 9.17) is 23.2 Å². The molecule has 0 unspecified atom stereocenters. The summed E-state index contributed by atoms with van der Waals surface area (Å²) >= 11 is 13.9. The third kappa shape index (κ3) is 4.43. The zero-order valence-corrected chi connectivity index (χ0v) is 16.1. The van der Waals surface area contributed by atoms with Gasteiger partial charge in [-0.2, -0.15) is 0 Å². The first-order valence-corrected chi connectivity index (χ1v) is 8.97. The summed E-state index contributed by atoms with van der Waals surface area (Å²) in [5.41, 5.74) is 1.05. The quantitative estimate of drug-likeness (QED) is 0.614. The van der Waals surface area contributed by atoms with Crippen LogP contribution in [0.3, 0.4) is 0 Å². The second kappa shape index (κ2) is 7.60. The lowest BCUT2D eigenvalue weighted by Crippen LogP contribution is -2.43. The number of halogens is 2. The van der Waals surface area contributed by atoms with Gasteiger partial charge in [-0.05, 0) is 17.5 Å². The SMILES string of the molecule is CN=C(NCc1cc(Cl)c(Cl)n1C)NCC(C)(C)c1cccs1. The van der Waals surface area contributed by atoms with Gasteiger partial charge in [-0.1, -0.05) is 43.1 Å². The highest BCUT2D eigenvalue weighted by molar-refractivity contribution is 7.10. The zero-order valence-electron chi connectivity index (χ0n) is 13.8. The fourth-order valence-corrected chi connectivity index (χ4v) is 3.48. The molecule has 0 fully saturated rings. The van der Waals surface area contributed by atoms with Gasteiger partial charge < -0.3 is 15.2 Å². The normalized spacial score (nSPS) is 12.5. The van der Waals surface area contributed by atoms with Gasteiger partial charge >= 0.3 is 0 Å². The first kappa shape index (κ1) is 18.2.